The molecule has 0 saturated carbocycles. The fourth-order valence-electron chi connectivity index (χ4n) is 2.10. The summed E-state index contributed by atoms with van der Waals surface area (Å²) in [5, 5.41) is 14.8. The van der Waals surface area contributed by atoms with E-state index in [0.717, 1.165) is 18.5 Å². The maximum atomic E-state index is 12.0. The molecule has 1 aromatic carbocycles. The summed E-state index contributed by atoms with van der Waals surface area (Å²) < 4.78 is 1.82. The lowest BCUT2D eigenvalue weighted by Crippen LogP contribution is -2.27. The molecule has 0 atom stereocenters. The standard InChI is InChI=1S/C15H16N6O/c1-11-4-5-12-13(10-11)18-14(20-19-12)15(22)16-6-2-8-21-9-3-7-17-21/h3-5,7,9-10H,2,6,8H2,1H3,(H,16,22). The Balaban J connectivity index is 1.59. The monoisotopic (exact) mass is 296 g/mol. The largest absolute Gasteiger partial charge is 0.349 e. The molecule has 0 unspecified atom stereocenters. The molecule has 0 saturated heterocycles. The predicted octanol–water partition coefficient (Wildman–Crippen LogP) is 1.35. The van der Waals surface area contributed by atoms with E-state index >= 15 is 0 Å². The first-order valence-corrected chi connectivity index (χ1v) is 7.09. The normalized spacial score (nSPS) is 10.8. The van der Waals surface area contributed by atoms with Crippen LogP contribution < -0.4 is 5.32 Å². The van der Waals surface area contributed by atoms with Crippen molar-refractivity contribution in [2.24, 2.45) is 0 Å². The van der Waals surface area contributed by atoms with Gasteiger partial charge in [-0.05, 0) is 37.1 Å². The zero-order chi connectivity index (χ0) is 15.4. The van der Waals surface area contributed by atoms with Crippen LogP contribution in [0.1, 0.15) is 22.6 Å². The lowest BCUT2D eigenvalue weighted by Gasteiger charge is -2.05. The quantitative estimate of drug-likeness (QED) is 0.718. The van der Waals surface area contributed by atoms with Gasteiger partial charge in [0.05, 0.1) is 5.52 Å². The molecule has 0 radical (unpaired) electrons. The number of nitrogens with one attached hydrogen (secondary N) is 1. The molecule has 0 fully saturated rings. The number of hydrogen-bond acceptors (Lipinski definition) is 5. The van der Waals surface area contributed by atoms with Crippen LogP contribution in [-0.2, 0) is 6.54 Å². The lowest BCUT2D eigenvalue weighted by atomic mass is 10.2. The molecule has 0 aliphatic carbocycles. The molecule has 112 valence electrons. The van der Waals surface area contributed by atoms with E-state index in [1.807, 2.05) is 42.1 Å². The van der Waals surface area contributed by atoms with Crippen LogP contribution in [0.3, 0.4) is 0 Å². The van der Waals surface area contributed by atoms with Crippen LogP contribution in [0.25, 0.3) is 11.0 Å². The van der Waals surface area contributed by atoms with E-state index in [4.69, 9.17) is 0 Å². The zero-order valence-corrected chi connectivity index (χ0v) is 12.2. The number of carbonyl (C=O) groups excluding carboxylic acids is 1. The minimum atomic E-state index is -0.309. The number of benzene rings is 1. The Labute approximate surface area is 127 Å². The summed E-state index contributed by atoms with van der Waals surface area (Å²) in [6.45, 7) is 3.26. The number of amides is 1. The zero-order valence-electron chi connectivity index (χ0n) is 12.2. The van der Waals surface area contributed by atoms with Gasteiger partial charge in [-0.15, -0.1) is 10.2 Å². The highest BCUT2D eigenvalue weighted by molar-refractivity contribution is 5.91. The third-order valence-electron chi connectivity index (χ3n) is 3.22. The first-order chi connectivity index (χ1) is 10.7. The van der Waals surface area contributed by atoms with Crippen LogP contribution in [0, 0.1) is 6.92 Å². The molecular weight excluding hydrogens is 280 g/mol. The Bertz CT molecular complexity index is 784. The molecule has 7 heteroatoms. The Kier molecular flexibility index (Phi) is 4.04. The predicted molar refractivity (Wildman–Crippen MR) is 81.2 cm³/mol. The summed E-state index contributed by atoms with van der Waals surface area (Å²) in [6.07, 6.45) is 4.41. The highest BCUT2D eigenvalue weighted by Gasteiger charge is 2.10. The van der Waals surface area contributed by atoms with Gasteiger partial charge in [-0.1, -0.05) is 6.07 Å². The summed E-state index contributed by atoms with van der Waals surface area (Å²) in [6, 6.07) is 7.54. The Morgan fingerprint density at radius 2 is 2.18 bits per heavy atom. The van der Waals surface area contributed by atoms with Crippen molar-refractivity contribution in [1.29, 1.82) is 0 Å². The molecule has 22 heavy (non-hydrogen) atoms. The molecule has 0 bridgehead atoms. The van der Waals surface area contributed by atoms with Gasteiger partial charge in [0.25, 0.3) is 5.91 Å². The summed E-state index contributed by atoms with van der Waals surface area (Å²) in [7, 11) is 0. The van der Waals surface area contributed by atoms with Crippen LogP contribution in [-0.4, -0.2) is 37.4 Å². The maximum absolute atomic E-state index is 12.0. The minimum absolute atomic E-state index is 0.0946. The molecule has 3 aromatic rings. The molecule has 0 spiro atoms. The van der Waals surface area contributed by atoms with E-state index in [2.05, 4.69) is 25.6 Å². The first kappa shape index (κ1) is 14.1. The molecular formula is C15H16N6O. The second kappa shape index (κ2) is 6.30. The van der Waals surface area contributed by atoms with Crippen molar-refractivity contribution in [3.05, 3.63) is 48.0 Å². The van der Waals surface area contributed by atoms with Gasteiger partial charge in [0.2, 0.25) is 5.82 Å². The number of rotatable bonds is 5. The van der Waals surface area contributed by atoms with Crippen molar-refractivity contribution in [2.75, 3.05) is 6.54 Å². The van der Waals surface area contributed by atoms with Gasteiger partial charge in [-0.25, -0.2) is 4.98 Å². The second-order valence-corrected chi connectivity index (χ2v) is 5.01. The molecule has 1 N–H and O–H groups in total. The summed E-state index contributed by atoms with van der Waals surface area (Å²) in [5.41, 5.74) is 2.43. The highest BCUT2D eigenvalue weighted by atomic mass is 16.2. The van der Waals surface area contributed by atoms with Crippen LogP contribution in [0.4, 0.5) is 0 Å². The molecule has 0 aliphatic rings. The van der Waals surface area contributed by atoms with Gasteiger partial charge in [-0.2, -0.15) is 5.10 Å². The van der Waals surface area contributed by atoms with Crippen molar-refractivity contribution in [1.82, 2.24) is 30.3 Å². The van der Waals surface area contributed by atoms with Crippen LogP contribution in [0.2, 0.25) is 0 Å². The number of aromatic nitrogens is 5. The fourth-order valence-corrected chi connectivity index (χ4v) is 2.10. The average molecular weight is 296 g/mol. The van der Waals surface area contributed by atoms with Crippen molar-refractivity contribution in [3.63, 3.8) is 0 Å². The molecule has 0 aliphatic heterocycles. The number of carbonyl (C=O) groups is 1. The average Bonchev–Trinajstić information content (AvgIpc) is 3.04. The molecule has 1 amide bonds. The Morgan fingerprint density at radius 1 is 1.27 bits per heavy atom. The number of hydrogen-bond donors (Lipinski definition) is 1. The van der Waals surface area contributed by atoms with Gasteiger partial charge in [0.1, 0.15) is 5.52 Å². The summed E-state index contributed by atoms with van der Waals surface area (Å²) in [4.78, 5) is 16.3. The van der Waals surface area contributed by atoms with E-state index in [1.165, 1.54) is 0 Å². The molecule has 7 nitrogen and oxygen atoms in total. The van der Waals surface area contributed by atoms with Crippen LogP contribution in [0.15, 0.2) is 36.7 Å². The Hall–Kier alpha value is -2.83. The van der Waals surface area contributed by atoms with E-state index in [-0.39, 0.29) is 11.7 Å². The number of aryl methyl sites for hydroxylation is 2. The van der Waals surface area contributed by atoms with Gasteiger partial charge in [0.15, 0.2) is 0 Å². The van der Waals surface area contributed by atoms with Gasteiger partial charge < -0.3 is 5.32 Å². The van der Waals surface area contributed by atoms with E-state index < -0.39 is 0 Å². The van der Waals surface area contributed by atoms with Gasteiger partial charge in [0, 0.05) is 25.5 Å². The van der Waals surface area contributed by atoms with Crippen molar-refractivity contribution in [3.8, 4) is 0 Å². The van der Waals surface area contributed by atoms with E-state index in [9.17, 15) is 4.79 Å². The van der Waals surface area contributed by atoms with Gasteiger partial charge in [-0.3, -0.25) is 9.48 Å². The second-order valence-electron chi connectivity index (χ2n) is 5.01. The third kappa shape index (κ3) is 3.25. The topological polar surface area (TPSA) is 85.6 Å². The molecule has 3 rings (SSSR count). The maximum Gasteiger partial charge on any atom is 0.291 e. The SMILES string of the molecule is Cc1ccc2nnc(C(=O)NCCCn3cccn3)nc2c1. The minimum Gasteiger partial charge on any atom is -0.349 e. The van der Waals surface area contributed by atoms with E-state index in [1.54, 1.807) is 6.20 Å². The molecule has 2 heterocycles. The van der Waals surface area contributed by atoms with Crippen LogP contribution >= 0.6 is 0 Å². The number of fused-ring (bicyclic) bond motifs is 1. The lowest BCUT2D eigenvalue weighted by molar-refractivity contribution is 0.0941. The van der Waals surface area contributed by atoms with Crippen molar-refractivity contribution in [2.45, 2.75) is 19.9 Å². The highest BCUT2D eigenvalue weighted by Crippen LogP contribution is 2.10. The van der Waals surface area contributed by atoms with Crippen molar-refractivity contribution < 1.29 is 4.79 Å². The summed E-state index contributed by atoms with van der Waals surface area (Å²) in [5.74, 6) is -0.214. The smallest absolute Gasteiger partial charge is 0.291 e. The third-order valence-corrected chi connectivity index (χ3v) is 3.22. The first-order valence-electron chi connectivity index (χ1n) is 7.09. The Morgan fingerprint density at radius 3 is 3.00 bits per heavy atom. The van der Waals surface area contributed by atoms with Crippen LogP contribution in [0.5, 0.6) is 0 Å². The van der Waals surface area contributed by atoms with Gasteiger partial charge >= 0.3 is 0 Å². The molecule has 2 aromatic heterocycles. The summed E-state index contributed by atoms with van der Waals surface area (Å²) >= 11 is 0. The number of nitrogens with zero attached hydrogens (tertiary/aromatic N) is 5. The fraction of sp³-hybridized carbons (Fsp3) is 0.267. The van der Waals surface area contributed by atoms with E-state index in [0.29, 0.717) is 17.6 Å². The van der Waals surface area contributed by atoms with Crippen molar-refractivity contribution >= 4 is 16.9 Å².